The molecule has 124 valence electrons. The van der Waals surface area contributed by atoms with Gasteiger partial charge in [-0.25, -0.2) is 4.79 Å². The number of thioether (sulfide) groups is 1. The van der Waals surface area contributed by atoms with Gasteiger partial charge in [0.1, 0.15) is 6.04 Å². The molecule has 1 aromatic carbocycles. The first-order chi connectivity index (χ1) is 10.9. The Labute approximate surface area is 137 Å². The minimum Gasteiger partial charge on any atom is -0.480 e. The summed E-state index contributed by atoms with van der Waals surface area (Å²) in [5, 5.41) is 22.4. The van der Waals surface area contributed by atoms with Crippen LogP contribution < -0.4 is 5.32 Å². The van der Waals surface area contributed by atoms with Gasteiger partial charge in [0.05, 0.1) is 10.5 Å². The Morgan fingerprint density at radius 3 is 2.74 bits per heavy atom. The van der Waals surface area contributed by atoms with Gasteiger partial charge < -0.3 is 10.4 Å². The molecule has 0 bridgehead atoms. The topological polar surface area (TPSA) is 110 Å². The van der Waals surface area contributed by atoms with E-state index in [1.54, 1.807) is 6.08 Å². The van der Waals surface area contributed by atoms with Crippen LogP contribution in [0.4, 0.5) is 5.69 Å². The molecule has 0 aliphatic heterocycles. The molecular weight excluding hydrogens is 320 g/mol. The van der Waals surface area contributed by atoms with Gasteiger partial charge in [0.15, 0.2) is 0 Å². The van der Waals surface area contributed by atoms with E-state index >= 15 is 0 Å². The van der Waals surface area contributed by atoms with E-state index in [4.69, 9.17) is 5.11 Å². The number of nitrogens with zero attached hydrogens (tertiary/aromatic N) is 1. The van der Waals surface area contributed by atoms with Crippen molar-refractivity contribution in [1.82, 2.24) is 5.32 Å². The SMILES string of the molecule is C=CCCC(NC(=O)c1cc([N+](=O)[O-])ccc1SCC)C(=O)O. The number of carboxylic acids is 1. The van der Waals surface area contributed by atoms with Crippen molar-refractivity contribution in [3.63, 3.8) is 0 Å². The monoisotopic (exact) mass is 338 g/mol. The fraction of sp³-hybridized carbons (Fsp3) is 0.333. The number of nitro benzene ring substituents is 1. The molecule has 0 radical (unpaired) electrons. The Hall–Kier alpha value is -2.35. The zero-order chi connectivity index (χ0) is 17.4. The van der Waals surface area contributed by atoms with Crippen molar-refractivity contribution < 1.29 is 19.6 Å². The third-order valence-electron chi connectivity index (χ3n) is 2.98. The molecule has 0 aromatic heterocycles. The van der Waals surface area contributed by atoms with Crippen LogP contribution in [0, 0.1) is 10.1 Å². The summed E-state index contributed by atoms with van der Waals surface area (Å²) in [6.45, 7) is 5.40. The maximum absolute atomic E-state index is 12.4. The van der Waals surface area contributed by atoms with Gasteiger partial charge in [-0.3, -0.25) is 14.9 Å². The van der Waals surface area contributed by atoms with Gasteiger partial charge in [-0.2, -0.15) is 0 Å². The number of carboxylic acid groups (broad SMARTS) is 1. The zero-order valence-electron chi connectivity index (χ0n) is 12.7. The van der Waals surface area contributed by atoms with Crippen LogP contribution in [0.15, 0.2) is 35.7 Å². The molecule has 1 rings (SSSR count). The standard InChI is InChI=1S/C15H18N2O5S/c1-3-5-6-12(15(19)20)16-14(18)11-9-10(17(21)22)7-8-13(11)23-4-2/h3,7-9,12H,1,4-6H2,2H3,(H,16,18)(H,19,20). The molecule has 7 nitrogen and oxygen atoms in total. The van der Waals surface area contributed by atoms with E-state index in [-0.39, 0.29) is 17.7 Å². The number of hydrogen-bond donors (Lipinski definition) is 2. The van der Waals surface area contributed by atoms with Gasteiger partial charge >= 0.3 is 5.97 Å². The van der Waals surface area contributed by atoms with Crippen molar-refractivity contribution >= 4 is 29.3 Å². The Morgan fingerprint density at radius 1 is 1.52 bits per heavy atom. The smallest absolute Gasteiger partial charge is 0.326 e. The summed E-state index contributed by atoms with van der Waals surface area (Å²) >= 11 is 1.36. The lowest BCUT2D eigenvalue weighted by molar-refractivity contribution is -0.384. The number of rotatable bonds is 9. The molecule has 1 amide bonds. The van der Waals surface area contributed by atoms with Crippen molar-refractivity contribution in [2.45, 2.75) is 30.7 Å². The number of nitro groups is 1. The summed E-state index contributed by atoms with van der Waals surface area (Å²) in [5.41, 5.74) is -0.107. The lowest BCUT2D eigenvalue weighted by Gasteiger charge is -2.15. The van der Waals surface area contributed by atoms with Gasteiger partial charge in [0.2, 0.25) is 0 Å². The van der Waals surface area contributed by atoms with Crippen LogP contribution in [0.3, 0.4) is 0 Å². The number of hydrogen-bond acceptors (Lipinski definition) is 5. The van der Waals surface area contributed by atoms with Gasteiger partial charge in [-0.05, 0) is 24.7 Å². The van der Waals surface area contributed by atoms with E-state index in [2.05, 4.69) is 11.9 Å². The van der Waals surface area contributed by atoms with E-state index in [1.807, 2.05) is 6.92 Å². The summed E-state index contributed by atoms with van der Waals surface area (Å²) in [7, 11) is 0. The van der Waals surface area contributed by atoms with Crippen LogP contribution in [0.5, 0.6) is 0 Å². The molecule has 0 aliphatic carbocycles. The second kappa shape index (κ2) is 8.94. The fourth-order valence-corrected chi connectivity index (χ4v) is 2.65. The van der Waals surface area contributed by atoms with E-state index in [9.17, 15) is 19.7 Å². The number of amides is 1. The Kier molecular flexibility index (Phi) is 7.27. The van der Waals surface area contributed by atoms with Crippen molar-refractivity contribution in [2.24, 2.45) is 0 Å². The molecule has 8 heteroatoms. The molecule has 0 aliphatic rings. The molecule has 0 spiro atoms. The number of non-ortho nitro benzene ring substituents is 1. The molecule has 1 aromatic rings. The number of aliphatic carboxylic acids is 1. The Balaban J connectivity index is 3.07. The summed E-state index contributed by atoms with van der Waals surface area (Å²) in [6.07, 6.45) is 2.20. The maximum Gasteiger partial charge on any atom is 0.326 e. The summed E-state index contributed by atoms with van der Waals surface area (Å²) in [5.74, 6) is -1.12. The first-order valence-corrected chi connectivity index (χ1v) is 7.95. The molecule has 2 N–H and O–H groups in total. The number of nitrogens with one attached hydrogen (secondary N) is 1. The van der Waals surface area contributed by atoms with Gasteiger partial charge in [0, 0.05) is 17.0 Å². The largest absolute Gasteiger partial charge is 0.480 e. The quantitative estimate of drug-likeness (QED) is 0.310. The second-order valence-corrected chi connectivity index (χ2v) is 5.91. The summed E-state index contributed by atoms with van der Waals surface area (Å²) < 4.78 is 0. The highest BCUT2D eigenvalue weighted by Crippen LogP contribution is 2.26. The third kappa shape index (κ3) is 5.41. The molecule has 1 unspecified atom stereocenters. The lowest BCUT2D eigenvalue weighted by atomic mass is 10.1. The highest BCUT2D eigenvalue weighted by atomic mass is 32.2. The highest BCUT2D eigenvalue weighted by molar-refractivity contribution is 7.99. The average Bonchev–Trinajstić information content (AvgIpc) is 2.51. The van der Waals surface area contributed by atoms with E-state index in [0.717, 1.165) is 0 Å². The van der Waals surface area contributed by atoms with Gasteiger partial charge in [0.25, 0.3) is 11.6 Å². The summed E-state index contributed by atoms with van der Waals surface area (Å²) in [6, 6.07) is 2.92. The molecule has 0 saturated heterocycles. The van der Waals surface area contributed by atoms with E-state index < -0.39 is 22.8 Å². The van der Waals surface area contributed by atoms with Gasteiger partial charge in [-0.1, -0.05) is 13.0 Å². The number of carbonyl (C=O) groups is 2. The van der Waals surface area contributed by atoms with Crippen LogP contribution in [0.25, 0.3) is 0 Å². The van der Waals surface area contributed by atoms with Crippen molar-refractivity contribution in [3.05, 3.63) is 46.5 Å². The first-order valence-electron chi connectivity index (χ1n) is 6.96. The van der Waals surface area contributed by atoms with Crippen LogP contribution >= 0.6 is 11.8 Å². The highest BCUT2D eigenvalue weighted by Gasteiger charge is 2.23. The number of allylic oxidation sites excluding steroid dienone is 1. The maximum atomic E-state index is 12.4. The number of benzene rings is 1. The molecule has 23 heavy (non-hydrogen) atoms. The van der Waals surface area contributed by atoms with Crippen LogP contribution in [-0.2, 0) is 4.79 Å². The average molecular weight is 338 g/mol. The minimum atomic E-state index is -1.16. The Bertz CT molecular complexity index is 618. The van der Waals surface area contributed by atoms with Crippen LogP contribution in [0.2, 0.25) is 0 Å². The molecule has 0 saturated carbocycles. The lowest BCUT2D eigenvalue weighted by Crippen LogP contribution is -2.40. The van der Waals surface area contributed by atoms with Crippen molar-refractivity contribution in [3.8, 4) is 0 Å². The van der Waals surface area contributed by atoms with Crippen LogP contribution in [0.1, 0.15) is 30.1 Å². The fourth-order valence-electron chi connectivity index (χ4n) is 1.87. The predicted molar refractivity (Wildman–Crippen MR) is 87.8 cm³/mol. The molecular formula is C15H18N2O5S. The molecule has 0 heterocycles. The summed E-state index contributed by atoms with van der Waals surface area (Å²) in [4.78, 5) is 34.4. The third-order valence-corrected chi connectivity index (χ3v) is 3.94. The Morgan fingerprint density at radius 2 is 2.22 bits per heavy atom. The van der Waals surface area contributed by atoms with Gasteiger partial charge in [-0.15, -0.1) is 18.3 Å². The van der Waals surface area contributed by atoms with E-state index in [1.165, 1.54) is 30.0 Å². The minimum absolute atomic E-state index is 0.107. The van der Waals surface area contributed by atoms with Crippen molar-refractivity contribution in [2.75, 3.05) is 5.75 Å². The predicted octanol–water partition coefficient (Wildman–Crippen LogP) is 2.86. The van der Waals surface area contributed by atoms with E-state index in [0.29, 0.717) is 17.1 Å². The number of carbonyl (C=O) groups excluding carboxylic acids is 1. The molecule has 0 fully saturated rings. The first kappa shape index (κ1) is 18.7. The van der Waals surface area contributed by atoms with Crippen LogP contribution in [-0.4, -0.2) is 33.7 Å². The zero-order valence-corrected chi connectivity index (χ0v) is 13.5. The molecule has 1 atom stereocenters. The second-order valence-electron chi connectivity index (χ2n) is 4.60. The van der Waals surface area contributed by atoms with Crippen molar-refractivity contribution in [1.29, 1.82) is 0 Å². The normalized spacial score (nSPS) is 11.5.